The molecular formula is C18H17F3N4O3S. The molecule has 2 N–H and O–H groups in total. The second-order valence-corrected chi connectivity index (χ2v) is 6.62. The van der Waals surface area contributed by atoms with Crippen LogP contribution in [0.4, 0.5) is 35.9 Å². The predicted molar refractivity (Wildman–Crippen MR) is 107 cm³/mol. The van der Waals surface area contributed by atoms with Gasteiger partial charge >= 0.3 is 6.18 Å². The summed E-state index contributed by atoms with van der Waals surface area (Å²) in [5, 5.41) is 16.4. The molecule has 0 bridgehead atoms. The van der Waals surface area contributed by atoms with Gasteiger partial charge < -0.3 is 20.3 Å². The average Bonchev–Trinajstić information content (AvgIpc) is 2.68. The Bertz CT molecular complexity index is 900. The highest BCUT2D eigenvalue weighted by atomic mass is 32.1. The third-order valence-corrected chi connectivity index (χ3v) is 4.46. The summed E-state index contributed by atoms with van der Waals surface area (Å²) in [4.78, 5) is 12.1. The van der Waals surface area contributed by atoms with Gasteiger partial charge in [-0.1, -0.05) is 0 Å². The number of morpholine rings is 1. The van der Waals surface area contributed by atoms with Gasteiger partial charge in [0.1, 0.15) is 0 Å². The van der Waals surface area contributed by atoms with E-state index in [-0.39, 0.29) is 16.5 Å². The van der Waals surface area contributed by atoms with Gasteiger partial charge in [-0.3, -0.25) is 10.1 Å². The van der Waals surface area contributed by atoms with E-state index in [0.29, 0.717) is 37.7 Å². The molecule has 2 aromatic carbocycles. The second-order valence-electron chi connectivity index (χ2n) is 6.21. The molecule has 1 aliphatic rings. The fourth-order valence-electron chi connectivity index (χ4n) is 2.84. The Hall–Kier alpha value is -2.92. The number of hydrogen-bond acceptors (Lipinski definition) is 5. The zero-order chi connectivity index (χ0) is 21.0. The lowest BCUT2D eigenvalue weighted by Gasteiger charge is -2.31. The molecule has 11 heteroatoms. The van der Waals surface area contributed by atoms with Crippen LogP contribution in [-0.4, -0.2) is 36.3 Å². The number of anilines is 3. The minimum atomic E-state index is -4.49. The molecule has 0 amide bonds. The summed E-state index contributed by atoms with van der Waals surface area (Å²) in [7, 11) is 0. The summed E-state index contributed by atoms with van der Waals surface area (Å²) < 4.78 is 44.8. The van der Waals surface area contributed by atoms with Crippen LogP contribution in [-0.2, 0) is 10.9 Å². The largest absolute Gasteiger partial charge is 0.416 e. The number of nitro groups is 1. The first-order valence-corrected chi connectivity index (χ1v) is 9.01. The number of benzene rings is 2. The Labute approximate surface area is 169 Å². The van der Waals surface area contributed by atoms with Crippen molar-refractivity contribution in [1.82, 2.24) is 0 Å². The molecule has 0 aliphatic carbocycles. The molecule has 0 spiro atoms. The minimum Gasteiger partial charge on any atom is -0.378 e. The molecule has 2 aromatic rings. The van der Waals surface area contributed by atoms with Crippen LogP contribution in [0, 0.1) is 10.1 Å². The van der Waals surface area contributed by atoms with E-state index in [4.69, 9.17) is 17.0 Å². The summed E-state index contributed by atoms with van der Waals surface area (Å²) >= 11 is 5.22. The van der Waals surface area contributed by atoms with Crippen LogP contribution in [0.2, 0.25) is 0 Å². The molecule has 1 fully saturated rings. The number of nitro benzene ring substituents is 1. The van der Waals surface area contributed by atoms with Crippen LogP contribution in [0.25, 0.3) is 0 Å². The molecule has 0 saturated carbocycles. The molecule has 29 heavy (non-hydrogen) atoms. The van der Waals surface area contributed by atoms with Gasteiger partial charge in [0.2, 0.25) is 0 Å². The van der Waals surface area contributed by atoms with Crippen LogP contribution in [0.15, 0.2) is 42.5 Å². The first kappa shape index (κ1) is 20.8. The van der Waals surface area contributed by atoms with Crippen molar-refractivity contribution in [1.29, 1.82) is 0 Å². The lowest BCUT2D eigenvalue weighted by molar-refractivity contribution is -0.384. The molecule has 0 radical (unpaired) electrons. The van der Waals surface area contributed by atoms with Crippen LogP contribution < -0.4 is 15.5 Å². The van der Waals surface area contributed by atoms with E-state index in [2.05, 4.69) is 10.6 Å². The van der Waals surface area contributed by atoms with Crippen molar-refractivity contribution in [2.45, 2.75) is 6.18 Å². The highest BCUT2D eigenvalue weighted by Gasteiger charge is 2.31. The number of nitrogens with zero attached hydrogens (tertiary/aromatic N) is 2. The van der Waals surface area contributed by atoms with E-state index >= 15 is 0 Å². The zero-order valence-corrected chi connectivity index (χ0v) is 15.8. The van der Waals surface area contributed by atoms with Crippen molar-refractivity contribution in [2.24, 2.45) is 0 Å². The summed E-state index contributed by atoms with van der Waals surface area (Å²) in [6.45, 7) is 2.04. The quantitative estimate of drug-likeness (QED) is 0.430. The highest BCUT2D eigenvalue weighted by molar-refractivity contribution is 7.80. The summed E-state index contributed by atoms with van der Waals surface area (Å²) in [5.74, 6) is 0. The van der Waals surface area contributed by atoms with E-state index in [1.165, 1.54) is 30.3 Å². The maximum absolute atomic E-state index is 13.2. The maximum Gasteiger partial charge on any atom is 0.416 e. The van der Waals surface area contributed by atoms with Crippen molar-refractivity contribution in [2.75, 3.05) is 41.8 Å². The van der Waals surface area contributed by atoms with Gasteiger partial charge in [0.05, 0.1) is 35.1 Å². The molecule has 154 valence electrons. The molecule has 1 saturated heterocycles. The Balaban J connectivity index is 1.81. The molecule has 3 rings (SSSR count). The topological polar surface area (TPSA) is 79.7 Å². The first-order valence-electron chi connectivity index (χ1n) is 8.60. The number of alkyl halides is 3. The SMILES string of the molecule is O=[N+]([O-])c1ccc(NC(=S)Nc2cc(C(F)(F)F)ccc2N2CCOCC2)cc1. The molecule has 1 heterocycles. The smallest absolute Gasteiger partial charge is 0.378 e. The summed E-state index contributed by atoms with van der Waals surface area (Å²) in [5.41, 5.74) is 0.375. The maximum atomic E-state index is 13.2. The molecular weight excluding hydrogens is 409 g/mol. The molecule has 0 atom stereocenters. The van der Waals surface area contributed by atoms with E-state index in [0.717, 1.165) is 12.1 Å². The van der Waals surface area contributed by atoms with Gasteiger partial charge in [0.25, 0.3) is 5.69 Å². The van der Waals surface area contributed by atoms with Gasteiger partial charge in [-0.25, -0.2) is 0 Å². The van der Waals surface area contributed by atoms with Crippen LogP contribution in [0.3, 0.4) is 0 Å². The van der Waals surface area contributed by atoms with Gasteiger partial charge in [0, 0.05) is 30.9 Å². The van der Waals surface area contributed by atoms with E-state index < -0.39 is 16.7 Å². The number of hydrogen-bond donors (Lipinski definition) is 2. The normalized spacial score (nSPS) is 14.4. The van der Waals surface area contributed by atoms with Gasteiger partial charge in [-0.15, -0.1) is 0 Å². The van der Waals surface area contributed by atoms with Gasteiger partial charge in [-0.05, 0) is 42.5 Å². The van der Waals surface area contributed by atoms with E-state index in [1.54, 1.807) is 0 Å². The average molecular weight is 426 g/mol. The number of halogens is 3. The number of rotatable bonds is 4. The van der Waals surface area contributed by atoms with Gasteiger partial charge in [0.15, 0.2) is 5.11 Å². The fourth-order valence-corrected chi connectivity index (χ4v) is 3.07. The van der Waals surface area contributed by atoms with Gasteiger partial charge in [-0.2, -0.15) is 13.2 Å². The van der Waals surface area contributed by atoms with Crippen LogP contribution in [0.5, 0.6) is 0 Å². The number of non-ortho nitro benzene ring substituents is 1. The Morgan fingerprint density at radius 1 is 1.10 bits per heavy atom. The molecule has 0 unspecified atom stereocenters. The molecule has 1 aliphatic heterocycles. The fraction of sp³-hybridized carbons (Fsp3) is 0.278. The zero-order valence-electron chi connectivity index (χ0n) is 15.0. The van der Waals surface area contributed by atoms with E-state index in [1.807, 2.05) is 4.90 Å². The first-order chi connectivity index (χ1) is 13.7. The third kappa shape index (κ3) is 5.33. The number of nitrogens with one attached hydrogen (secondary N) is 2. The predicted octanol–water partition coefficient (Wildman–Crippen LogP) is 4.26. The number of ether oxygens (including phenoxy) is 1. The van der Waals surface area contributed by atoms with Crippen molar-refractivity contribution >= 4 is 40.1 Å². The summed E-state index contributed by atoms with van der Waals surface area (Å²) in [6, 6.07) is 8.97. The Morgan fingerprint density at radius 3 is 2.34 bits per heavy atom. The molecule has 0 aromatic heterocycles. The highest BCUT2D eigenvalue weighted by Crippen LogP contribution is 2.36. The Kier molecular flexibility index (Phi) is 6.18. The second kappa shape index (κ2) is 8.62. The van der Waals surface area contributed by atoms with E-state index in [9.17, 15) is 23.3 Å². The van der Waals surface area contributed by atoms with Crippen molar-refractivity contribution in [3.63, 3.8) is 0 Å². The third-order valence-electron chi connectivity index (χ3n) is 4.26. The lowest BCUT2D eigenvalue weighted by atomic mass is 10.1. The summed E-state index contributed by atoms with van der Waals surface area (Å²) in [6.07, 6.45) is -4.49. The van der Waals surface area contributed by atoms with Crippen LogP contribution >= 0.6 is 12.2 Å². The lowest BCUT2D eigenvalue weighted by Crippen LogP contribution is -2.37. The standard InChI is InChI=1S/C18H17F3N4O3S/c19-18(20,21)12-1-6-16(24-7-9-28-10-8-24)15(11-12)23-17(29)22-13-2-4-14(5-3-13)25(26)27/h1-6,11H,7-10H2,(H2,22,23,29). The Morgan fingerprint density at radius 2 is 1.76 bits per heavy atom. The molecule has 7 nitrogen and oxygen atoms in total. The van der Waals surface area contributed by atoms with Crippen molar-refractivity contribution in [3.8, 4) is 0 Å². The number of thiocarbonyl (C=S) groups is 1. The van der Waals surface area contributed by atoms with Crippen LogP contribution in [0.1, 0.15) is 5.56 Å². The van der Waals surface area contributed by atoms with Crippen molar-refractivity contribution < 1.29 is 22.8 Å². The minimum absolute atomic E-state index is 0.0627. The monoisotopic (exact) mass is 426 g/mol. The van der Waals surface area contributed by atoms with Crippen molar-refractivity contribution in [3.05, 3.63) is 58.1 Å².